The molecule has 1 N–H and O–H groups in total. The maximum atomic E-state index is 15.1. The molecule has 8 heteroatoms. The number of nitrogens with zero attached hydrogens (tertiary/aromatic N) is 3. The minimum absolute atomic E-state index is 0.170. The lowest BCUT2D eigenvalue weighted by Crippen LogP contribution is -2.31. The lowest BCUT2D eigenvalue weighted by molar-refractivity contribution is 0.0807. The molecule has 1 aromatic carbocycles. The molecule has 1 amide bonds. The summed E-state index contributed by atoms with van der Waals surface area (Å²) in [5.41, 5.74) is 3.66. The van der Waals surface area contributed by atoms with Crippen LogP contribution >= 0.6 is 0 Å². The van der Waals surface area contributed by atoms with Gasteiger partial charge in [0.05, 0.1) is 18.6 Å². The van der Waals surface area contributed by atoms with Gasteiger partial charge < -0.3 is 14.6 Å². The monoisotopic (exact) mass is 490 g/mol. The lowest BCUT2D eigenvalue weighted by Gasteiger charge is -2.20. The second kappa shape index (κ2) is 10.2. The zero-order valence-corrected chi connectivity index (χ0v) is 20.4. The van der Waals surface area contributed by atoms with Crippen molar-refractivity contribution in [3.05, 3.63) is 81.9 Å². The number of carbonyl (C=O) groups excluding carboxylic acids is 1. The summed E-state index contributed by atoms with van der Waals surface area (Å²) in [6.45, 7) is 5.22. The van der Waals surface area contributed by atoms with Gasteiger partial charge in [-0.3, -0.25) is 4.79 Å². The van der Waals surface area contributed by atoms with Gasteiger partial charge >= 0.3 is 0 Å². The number of alkyl halides is 1. The molecular formula is C28H28F2N4O2. The summed E-state index contributed by atoms with van der Waals surface area (Å²) >= 11 is 0. The van der Waals surface area contributed by atoms with Crippen molar-refractivity contribution in [3.8, 4) is 11.8 Å². The third-order valence-electron chi connectivity index (χ3n) is 6.63. The first-order valence-corrected chi connectivity index (χ1v) is 12.2. The van der Waals surface area contributed by atoms with E-state index in [1.54, 1.807) is 42.9 Å². The Hall–Kier alpha value is -3.57. The van der Waals surface area contributed by atoms with Crippen LogP contribution in [0, 0.1) is 37.4 Å². The number of imidazole rings is 1. The molecule has 2 aliphatic rings. The minimum Gasteiger partial charge on any atom is -0.381 e. The molecule has 186 valence electrons. The molecule has 0 saturated carbocycles. The average Bonchev–Trinajstić information content (AvgIpc) is 3.41. The molecule has 1 fully saturated rings. The third kappa shape index (κ3) is 5.17. The normalized spacial score (nSPS) is 18.3. The van der Waals surface area contributed by atoms with Crippen LogP contribution in [-0.2, 0) is 17.7 Å². The molecule has 3 aromatic rings. The Labute approximate surface area is 209 Å². The van der Waals surface area contributed by atoms with Gasteiger partial charge in [-0.05, 0) is 50.5 Å². The third-order valence-corrected chi connectivity index (χ3v) is 6.63. The molecule has 6 nitrogen and oxygen atoms in total. The van der Waals surface area contributed by atoms with Gasteiger partial charge in [0.15, 0.2) is 0 Å². The molecule has 2 aromatic heterocycles. The molecule has 2 aliphatic heterocycles. The fourth-order valence-electron chi connectivity index (χ4n) is 4.78. The summed E-state index contributed by atoms with van der Waals surface area (Å²) in [5.74, 6) is 5.78. The number of benzene rings is 1. The van der Waals surface area contributed by atoms with E-state index in [0.29, 0.717) is 35.9 Å². The van der Waals surface area contributed by atoms with Crippen molar-refractivity contribution in [2.75, 3.05) is 13.2 Å². The standard InChI is InChI=1S/C28H28F2N4O2/c1-17-3-6-22(23(30)11-17)26(27-25-14-21(29)15-34(25)16-31-27)33-28(35)24-13-20(12-18(2)32-24)5-4-19-7-9-36-10-8-19/h3,6,11-13,16,19,21,26H,7-10,14-15H2,1-2H3,(H,33,35)/t21-,26?/m1/s1. The minimum atomic E-state index is -1.03. The van der Waals surface area contributed by atoms with E-state index in [1.807, 2.05) is 6.07 Å². The highest BCUT2D eigenvalue weighted by Crippen LogP contribution is 2.31. The van der Waals surface area contributed by atoms with E-state index < -0.39 is 23.9 Å². The van der Waals surface area contributed by atoms with E-state index in [9.17, 15) is 9.18 Å². The van der Waals surface area contributed by atoms with Gasteiger partial charge in [0, 0.05) is 48.1 Å². The number of rotatable bonds is 4. The van der Waals surface area contributed by atoms with Gasteiger partial charge in [0.1, 0.15) is 23.7 Å². The van der Waals surface area contributed by atoms with Crippen molar-refractivity contribution in [3.63, 3.8) is 0 Å². The first-order valence-electron chi connectivity index (χ1n) is 12.2. The molecule has 2 atom stereocenters. The summed E-state index contributed by atoms with van der Waals surface area (Å²) < 4.78 is 36.3. The summed E-state index contributed by atoms with van der Waals surface area (Å²) in [6, 6.07) is 7.42. The van der Waals surface area contributed by atoms with Gasteiger partial charge in [-0.15, -0.1) is 0 Å². The van der Waals surface area contributed by atoms with Crippen molar-refractivity contribution in [2.45, 2.75) is 51.9 Å². The second-order valence-corrected chi connectivity index (χ2v) is 9.50. The molecule has 0 bridgehead atoms. The van der Waals surface area contributed by atoms with Crippen molar-refractivity contribution in [2.24, 2.45) is 5.92 Å². The highest BCUT2D eigenvalue weighted by molar-refractivity contribution is 5.93. The molecular weight excluding hydrogens is 462 g/mol. The summed E-state index contributed by atoms with van der Waals surface area (Å²) in [6.07, 6.45) is 2.47. The smallest absolute Gasteiger partial charge is 0.270 e. The van der Waals surface area contributed by atoms with Crippen LogP contribution in [0.15, 0.2) is 36.7 Å². The topological polar surface area (TPSA) is 69.0 Å². The number of aromatic nitrogens is 3. The Bertz CT molecular complexity index is 1350. The number of pyridine rings is 1. The Morgan fingerprint density at radius 1 is 1.22 bits per heavy atom. The van der Waals surface area contributed by atoms with E-state index in [4.69, 9.17) is 4.74 Å². The lowest BCUT2D eigenvalue weighted by atomic mass is 9.99. The highest BCUT2D eigenvalue weighted by Gasteiger charge is 2.31. The highest BCUT2D eigenvalue weighted by atomic mass is 19.1. The quantitative estimate of drug-likeness (QED) is 0.556. The number of carbonyl (C=O) groups is 1. The van der Waals surface area contributed by atoms with Crippen LogP contribution in [0.2, 0.25) is 0 Å². The van der Waals surface area contributed by atoms with E-state index in [-0.39, 0.29) is 30.1 Å². The molecule has 1 saturated heterocycles. The molecule has 36 heavy (non-hydrogen) atoms. The van der Waals surface area contributed by atoms with Crippen molar-refractivity contribution in [1.82, 2.24) is 19.9 Å². The van der Waals surface area contributed by atoms with Gasteiger partial charge in [0.25, 0.3) is 5.91 Å². The fourth-order valence-corrected chi connectivity index (χ4v) is 4.78. The summed E-state index contributed by atoms with van der Waals surface area (Å²) in [7, 11) is 0. The van der Waals surface area contributed by atoms with Crippen LogP contribution in [0.25, 0.3) is 0 Å². The first-order chi connectivity index (χ1) is 17.4. The first kappa shape index (κ1) is 24.1. The van der Waals surface area contributed by atoms with Crippen LogP contribution in [0.5, 0.6) is 0 Å². The molecule has 0 spiro atoms. The fraction of sp³-hybridized carbons (Fsp3) is 0.393. The van der Waals surface area contributed by atoms with E-state index in [0.717, 1.165) is 18.4 Å². The largest absolute Gasteiger partial charge is 0.381 e. The zero-order valence-electron chi connectivity index (χ0n) is 20.4. The van der Waals surface area contributed by atoms with E-state index in [1.165, 1.54) is 6.07 Å². The number of halogens is 2. The van der Waals surface area contributed by atoms with Crippen LogP contribution < -0.4 is 5.32 Å². The maximum Gasteiger partial charge on any atom is 0.270 e. The molecule has 5 rings (SSSR count). The number of hydrogen-bond donors (Lipinski definition) is 1. The van der Waals surface area contributed by atoms with Gasteiger partial charge in [0.2, 0.25) is 0 Å². The van der Waals surface area contributed by atoms with Crippen LogP contribution in [0.3, 0.4) is 0 Å². The Morgan fingerprint density at radius 3 is 2.81 bits per heavy atom. The SMILES string of the molecule is Cc1ccc(C(NC(=O)c2cc(C#CC3CCOCC3)cc(C)n2)c2ncn3c2C[C@@H](F)C3)c(F)c1. The molecule has 1 unspecified atom stereocenters. The van der Waals surface area contributed by atoms with Gasteiger partial charge in [-0.25, -0.2) is 18.7 Å². The average molecular weight is 491 g/mol. The Kier molecular flexibility index (Phi) is 6.84. The molecule has 0 aliphatic carbocycles. The van der Waals surface area contributed by atoms with Crippen LogP contribution in [0.4, 0.5) is 8.78 Å². The predicted molar refractivity (Wildman–Crippen MR) is 131 cm³/mol. The Balaban J connectivity index is 1.46. The van der Waals surface area contributed by atoms with Crippen molar-refractivity contribution in [1.29, 1.82) is 0 Å². The van der Waals surface area contributed by atoms with Crippen LogP contribution in [-0.4, -0.2) is 39.8 Å². The van der Waals surface area contributed by atoms with Crippen LogP contribution in [0.1, 0.15) is 63.1 Å². The molecule has 4 heterocycles. The number of aryl methyl sites for hydroxylation is 2. The Morgan fingerprint density at radius 2 is 2.03 bits per heavy atom. The van der Waals surface area contributed by atoms with E-state index in [2.05, 4.69) is 27.1 Å². The molecule has 0 radical (unpaired) electrons. The second-order valence-electron chi connectivity index (χ2n) is 9.50. The van der Waals surface area contributed by atoms with E-state index >= 15 is 4.39 Å². The number of fused-ring (bicyclic) bond motifs is 1. The number of ether oxygens (including phenoxy) is 1. The summed E-state index contributed by atoms with van der Waals surface area (Å²) in [5, 5.41) is 2.91. The van der Waals surface area contributed by atoms with Crippen molar-refractivity contribution >= 4 is 5.91 Å². The zero-order chi connectivity index (χ0) is 25.2. The van der Waals surface area contributed by atoms with Gasteiger partial charge in [-0.2, -0.15) is 0 Å². The van der Waals surface area contributed by atoms with Gasteiger partial charge in [-0.1, -0.05) is 24.0 Å². The predicted octanol–water partition coefficient (Wildman–Crippen LogP) is 4.23. The summed E-state index contributed by atoms with van der Waals surface area (Å²) in [4.78, 5) is 22.2. The van der Waals surface area contributed by atoms with Crippen molar-refractivity contribution < 1.29 is 18.3 Å². The maximum absolute atomic E-state index is 15.1. The number of nitrogens with one attached hydrogen (secondary N) is 1. The number of amides is 1. The number of hydrogen-bond acceptors (Lipinski definition) is 4.